The highest BCUT2D eigenvalue weighted by molar-refractivity contribution is 8.00. The molecule has 0 aromatic heterocycles. The minimum absolute atomic E-state index is 0.196. The Balaban J connectivity index is 1.80. The summed E-state index contributed by atoms with van der Waals surface area (Å²) < 4.78 is 5.41. The molecule has 1 amide bonds. The number of rotatable bonds is 2. The molecule has 116 valence electrons. The van der Waals surface area contributed by atoms with Gasteiger partial charge in [0.25, 0.3) is 0 Å². The highest BCUT2D eigenvalue weighted by Gasteiger charge is 2.27. The number of anilines is 1. The number of nitrogens with zero attached hydrogens (tertiary/aromatic N) is 1. The molecule has 0 unspecified atom stereocenters. The Kier molecular flexibility index (Phi) is 5.04. The summed E-state index contributed by atoms with van der Waals surface area (Å²) in [7, 11) is 0. The maximum Gasteiger partial charge on any atom is 0.410 e. The van der Waals surface area contributed by atoms with E-state index in [-0.39, 0.29) is 6.09 Å². The lowest BCUT2D eigenvalue weighted by Crippen LogP contribution is -2.42. The Bertz CT molecular complexity index is 474. The second kappa shape index (κ2) is 6.60. The summed E-state index contributed by atoms with van der Waals surface area (Å²) in [6, 6.07) is 7.97. The van der Waals surface area contributed by atoms with Gasteiger partial charge in [0.15, 0.2) is 0 Å². The minimum Gasteiger partial charge on any atom is -0.444 e. The lowest BCUT2D eigenvalue weighted by molar-refractivity contribution is 0.0219. The number of benzene rings is 1. The van der Waals surface area contributed by atoms with Gasteiger partial charge in [-0.2, -0.15) is 0 Å². The van der Waals surface area contributed by atoms with Crippen molar-refractivity contribution in [2.75, 3.05) is 18.8 Å². The zero-order valence-corrected chi connectivity index (χ0v) is 13.8. The number of carbonyl (C=O) groups excluding carboxylic acids is 1. The molecule has 0 atom stereocenters. The number of nitrogens with two attached hydrogens (primary N) is 1. The fourth-order valence-electron chi connectivity index (χ4n) is 2.22. The highest BCUT2D eigenvalue weighted by atomic mass is 32.2. The van der Waals surface area contributed by atoms with Crippen LogP contribution in [0.4, 0.5) is 10.5 Å². The number of carbonyl (C=O) groups is 1. The van der Waals surface area contributed by atoms with Crippen molar-refractivity contribution in [2.24, 2.45) is 0 Å². The zero-order chi connectivity index (χ0) is 15.5. The fraction of sp³-hybridized carbons (Fsp3) is 0.562. The van der Waals surface area contributed by atoms with E-state index in [2.05, 4.69) is 12.1 Å². The second-order valence-corrected chi connectivity index (χ2v) is 7.73. The minimum atomic E-state index is -0.424. The van der Waals surface area contributed by atoms with Crippen molar-refractivity contribution < 1.29 is 9.53 Å². The molecule has 1 saturated heterocycles. The van der Waals surface area contributed by atoms with Crippen molar-refractivity contribution in [3.05, 3.63) is 24.3 Å². The lowest BCUT2D eigenvalue weighted by Gasteiger charge is -2.33. The predicted octanol–water partition coefficient (Wildman–Crippen LogP) is 3.76. The van der Waals surface area contributed by atoms with E-state index in [1.807, 2.05) is 49.6 Å². The van der Waals surface area contributed by atoms with Crippen molar-refractivity contribution in [2.45, 2.75) is 49.4 Å². The third-order valence-electron chi connectivity index (χ3n) is 3.28. The summed E-state index contributed by atoms with van der Waals surface area (Å²) >= 11 is 1.87. The van der Waals surface area contributed by atoms with E-state index in [1.165, 1.54) is 4.90 Å². The number of amides is 1. The molecule has 0 saturated carbocycles. The van der Waals surface area contributed by atoms with Gasteiger partial charge in [0.1, 0.15) is 5.60 Å². The van der Waals surface area contributed by atoms with Crippen molar-refractivity contribution >= 4 is 23.5 Å². The summed E-state index contributed by atoms with van der Waals surface area (Å²) in [5.41, 5.74) is 6.06. The van der Waals surface area contributed by atoms with E-state index < -0.39 is 5.60 Å². The van der Waals surface area contributed by atoms with Gasteiger partial charge in [0, 0.05) is 28.9 Å². The second-order valence-electron chi connectivity index (χ2n) is 6.35. The summed E-state index contributed by atoms with van der Waals surface area (Å²) in [6.07, 6.45) is 1.79. The first-order valence-electron chi connectivity index (χ1n) is 7.33. The Morgan fingerprint density at radius 3 is 2.33 bits per heavy atom. The predicted molar refractivity (Wildman–Crippen MR) is 87.5 cm³/mol. The van der Waals surface area contributed by atoms with E-state index in [0.29, 0.717) is 5.25 Å². The normalized spacial score (nSPS) is 16.8. The molecule has 0 spiro atoms. The third-order valence-corrected chi connectivity index (χ3v) is 4.63. The van der Waals surface area contributed by atoms with Crippen LogP contribution in [0.1, 0.15) is 33.6 Å². The first-order valence-corrected chi connectivity index (χ1v) is 8.21. The third kappa shape index (κ3) is 5.16. The summed E-state index contributed by atoms with van der Waals surface area (Å²) in [5, 5.41) is 0.548. The molecule has 0 radical (unpaired) electrons. The van der Waals surface area contributed by atoms with Crippen LogP contribution in [0.25, 0.3) is 0 Å². The van der Waals surface area contributed by atoms with Crippen LogP contribution in [0.15, 0.2) is 29.2 Å². The molecular formula is C16H24N2O2S. The van der Waals surface area contributed by atoms with Crippen molar-refractivity contribution in [1.29, 1.82) is 0 Å². The van der Waals surface area contributed by atoms with Gasteiger partial charge in [-0.3, -0.25) is 0 Å². The van der Waals surface area contributed by atoms with Crippen LogP contribution in [0.5, 0.6) is 0 Å². The SMILES string of the molecule is CC(C)(C)OC(=O)N1CCC(Sc2ccc(N)cc2)CC1. The molecule has 2 N–H and O–H groups in total. The largest absolute Gasteiger partial charge is 0.444 e. The number of hydrogen-bond donors (Lipinski definition) is 1. The van der Waals surface area contributed by atoms with Crippen LogP contribution in [0.2, 0.25) is 0 Å². The molecule has 5 heteroatoms. The average molecular weight is 308 g/mol. The highest BCUT2D eigenvalue weighted by Crippen LogP contribution is 2.31. The topological polar surface area (TPSA) is 55.6 Å². The average Bonchev–Trinajstić information content (AvgIpc) is 2.40. The monoisotopic (exact) mass is 308 g/mol. The van der Waals surface area contributed by atoms with Crippen molar-refractivity contribution in [3.63, 3.8) is 0 Å². The van der Waals surface area contributed by atoms with Crippen LogP contribution in [0.3, 0.4) is 0 Å². The standard InChI is InChI=1S/C16H24N2O2S/c1-16(2,3)20-15(19)18-10-8-14(9-11-18)21-13-6-4-12(17)5-7-13/h4-7,14H,8-11,17H2,1-3H3. The first kappa shape index (κ1) is 16.0. The molecule has 4 nitrogen and oxygen atoms in total. The Hall–Kier alpha value is -1.36. The van der Waals surface area contributed by atoms with Gasteiger partial charge in [0.2, 0.25) is 0 Å². The summed E-state index contributed by atoms with van der Waals surface area (Å²) in [5.74, 6) is 0. The maximum atomic E-state index is 12.0. The molecule has 0 aliphatic carbocycles. The van der Waals surface area contributed by atoms with E-state index in [1.54, 1.807) is 0 Å². The number of likely N-dealkylation sites (tertiary alicyclic amines) is 1. The van der Waals surface area contributed by atoms with Gasteiger partial charge < -0.3 is 15.4 Å². The summed E-state index contributed by atoms with van der Waals surface area (Å²) in [6.45, 7) is 7.22. The maximum absolute atomic E-state index is 12.0. The van der Waals surface area contributed by atoms with Crippen LogP contribution in [-0.2, 0) is 4.74 Å². The van der Waals surface area contributed by atoms with Gasteiger partial charge in [-0.15, -0.1) is 11.8 Å². The van der Waals surface area contributed by atoms with E-state index in [4.69, 9.17) is 10.5 Å². The number of thioether (sulfide) groups is 1. The zero-order valence-electron chi connectivity index (χ0n) is 13.0. The summed E-state index contributed by atoms with van der Waals surface area (Å²) in [4.78, 5) is 15.0. The van der Waals surface area contributed by atoms with Gasteiger partial charge in [-0.25, -0.2) is 4.79 Å². The van der Waals surface area contributed by atoms with Crippen LogP contribution in [-0.4, -0.2) is 34.9 Å². The number of nitrogen functional groups attached to an aromatic ring is 1. The molecule has 2 rings (SSSR count). The quantitative estimate of drug-likeness (QED) is 0.845. The smallest absolute Gasteiger partial charge is 0.410 e. The molecule has 0 bridgehead atoms. The van der Waals surface area contributed by atoms with Crippen molar-refractivity contribution in [3.8, 4) is 0 Å². The molecule has 1 aliphatic rings. The molecule has 1 aromatic rings. The number of piperidine rings is 1. The van der Waals surface area contributed by atoms with Crippen LogP contribution < -0.4 is 5.73 Å². The van der Waals surface area contributed by atoms with E-state index >= 15 is 0 Å². The van der Waals surface area contributed by atoms with Gasteiger partial charge >= 0.3 is 6.09 Å². The fourth-order valence-corrected chi connectivity index (χ4v) is 3.35. The Labute approximate surface area is 131 Å². The number of hydrogen-bond acceptors (Lipinski definition) is 4. The Morgan fingerprint density at radius 1 is 1.24 bits per heavy atom. The van der Waals surface area contributed by atoms with Gasteiger partial charge in [-0.1, -0.05) is 0 Å². The Morgan fingerprint density at radius 2 is 1.81 bits per heavy atom. The molecule has 21 heavy (non-hydrogen) atoms. The lowest BCUT2D eigenvalue weighted by atomic mass is 10.1. The molecule has 1 heterocycles. The van der Waals surface area contributed by atoms with E-state index in [0.717, 1.165) is 31.6 Å². The van der Waals surface area contributed by atoms with Crippen molar-refractivity contribution in [1.82, 2.24) is 4.90 Å². The van der Waals surface area contributed by atoms with Crippen LogP contribution in [0, 0.1) is 0 Å². The number of ether oxygens (including phenoxy) is 1. The van der Waals surface area contributed by atoms with E-state index in [9.17, 15) is 4.79 Å². The first-order chi connectivity index (χ1) is 9.83. The molecular weight excluding hydrogens is 284 g/mol. The molecule has 1 aliphatic heterocycles. The van der Waals surface area contributed by atoms with Gasteiger partial charge in [0.05, 0.1) is 0 Å². The molecule has 1 aromatic carbocycles. The van der Waals surface area contributed by atoms with Crippen LogP contribution >= 0.6 is 11.8 Å². The van der Waals surface area contributed by atoms with Gasteiger partial charge in [-0.05, 0) is 57.9 Å². The molecule has 1 fully saturated rings.